The highest BCUT2D eigenvalue weighted by Gasteiger charge is 2.26. The van der Waals surface area contributed by atoms with E-state index in [1.165, 1.54) is 0 Å². The Morgan fingerprint density at radius 1 is 1.24 bits per heavy atom. The first-order valence-corrected chi connectivity index (χ1v) is 8.87. The molecule has 1 aromatic heterocycles. The summed E-state index contributed by atoms with van der Waals surface area (Å²) in [7, 11) is 0. The van der Waals surface area contributed by atoms with Crippen molar-refractivity contribution < 1.29 is 14.6 Å². The Bertz CT molecular complexity index is 688. The fraction of sp³-hybridized carbons (Fsp3) is 0.474. The van der Waals surface area contributed by atoms with Crippen LogP contribution in [0.25, 0.3) is 0 Å². The van der Waals surface area contributed by atoms with Crippen LogP contribution in [0.4, 0.5) is 0 Å². The van der Waals surface area contributed by atoms with Crippen molar-refractivity contribution in [2.45, 2.75) is 32.2 Å². The molecule has 1 saturated heterocycles. The van der Waals surface area contributed by atoms with E-state index in [9.17, 15) is 4.79 Å². The molecule has 134 valence electrons. The van der Waals surface area contributed by atoms with Crippen molar-refractivity contribution in [2.75, 3.05) is 26.3 Å². The van der Waals surface area contributed by atoms with E-state index < -0.39 is 0 Å². The lowest BCUT2D eigenvalue weighted by Gasteiger charge is -2.32. The van der Waals surface area contributed by atoms with Crippen LogP contribution in [-0.4, -0.2) is 52.0 Å². The molecule has 0 spiro atoms. The van der Waals surface area contributed by atoms with Gasteiger partial charge in [0.15, 0.2) is 0 Å². The molecule has 6 heteroatoms. The van der Waals surface area contributed by atoms with Crippen molar-refractivity contribution in [3.8, 4) is 5.75 Å². The van der Waals surface area contributed by atoms with Crippen molar-refractivity contribution in [2.24, 2.45) is 0 Å². The third-order valence-corrected chi connectivity index (χ3v) is 4.67. The summed E-state index contributed by atoms with van der Waals surface area (Å²) in [6.07, 6.45) is 3.61. The predicted molar refractivity (Wildman–Crippen MR) is 94.8 cm³/mol. The Morgan fingerprint density at radius 2 is 1.96 bits per heavy atom. The van der Waals surface area contributed by atoms with Crippen LogP contribution in [-0.2, 0) is 6.54 Å². The first kappa shape index (κ1) is 17.5. The number of ether oxygens (including phenoxy) is 1. The lowest BCUT2D eigenvalue weighted by atomic mass is 9.93. The Labute approximate surface area is 148 Å². The molecule has 1 fully saturated rings. The number of likely N-dealkylation sites (tertiary alicyclic amines) is 1. The van der Waals surface area contributed by atoms with E-state index in [0.29, 0.717) is 24.6 Å². The summed E-state index contributed by atoms with van der Waals surface area (Å²) in [4.78, 5) is 14.6. The van der Waals surface area contributed by atoms with E-state index in [1.807, 2.05) is 46.8 Å². The zero-order chi connectivity index (χ0) is 17.6. The Hall–Kier alpha value is -2.34. The molecule has 1 aliphatic heterocycles. The number of amides is 1. The number of carbonyl (C=O) groups is 1. The molecule has 1 amide bonds. The summed E-state index contributed by atoms with van der Waals surface area (Å²) < 4.78 is 7.29. The van der Waals surface area contributed by atoms with Gasteiger partial charge in [0, 0.05) is 36.5 Å². The second-order valence-electron chi connectivity index (χ2n) is 6.23. The van der Waals surface area contributed by atoms with Crippen LogP contribution in [0.15, 0.2) is 36.5 Å². The molecule has 2 aromatic rings. The van der Waals surface area contributed by atoms with Crippen LogP contribution in [0.3, 0.4) is 0 Å². The highest BCUT2D eigenvalue weighted by atomic mass is 16.5. The van der Waals surface area contributed by atoms with Gasteiger partial charge in [-0.05, 0) is 50.1 Å². The summed E-state index contributed by atoms with van der Waals surface area (Å²) in [6, 6.07) is 9.36. The maximum absolute atomic E-state index is 12.7. The number of benzene rings is 1. The molecule has 3 rings (SSSR count). The Balaban J connectivity index is 1.59. The third kappa shape index (κ3) is 4.02. The Morgan fingerprint density at radius 3 is 2.60 bits per heavy atom. The average molecular weight is 343 g/mol. The number of hydrogen-bond donors (Lipinski definition) is 1. The quantitative estimate of drug-likeness (QED) is 0.874. The first-order chi connectivity index (χ1) is 12.2. The maximum atomic E-state index is 12.7. The summed E-state index contributed by atoms with van der Waals surface area (Å²) in [5.41, 5.74) is 1.86. The molecule has 1 aromatic carbocycles. The normalized spacial score (nSPS) is 15.4. The van der Waals surface area contributed by atoms with Gasteiger partial charge in [-0.2, -0.15) is 5.10 Å². The number of aliphatic hydroxyl groups excluding tert-OH is 1. The number of nitrogens with zero attached hydrogens (tertiary/aromatic N) is 3. The zero-order valence-electron chi connectivity index (χ0n) is 14.6. The van der Waals surface area contributed by atoms with Gasteiger partial charge in [-0.25, -0.2) is 0 Å². The van der Waals surface area contributed by atoms with Gasteiger partial charge in [-0.1, -0.05) is 0 Å². The highest BCUT2D eigenvalue weighted by molar-refractivity contribution is 5.94. The fourth-order valence-electron chi connectivity index (χ4n) is 3.39. The molecule has 0 radical (unpaired) electrons. The van der Waals surface area contributed by atoms with Crippen molar-refractivity contribution in [3.05, 3.63) is 47.8 Å². The molecular formula is C19H25N3O3. The highest BCUT2D eigenvalue weighted by Crippen LogP contribution is 2.28. The summed E-state index contributed by atoms with van der Waals surface area (Å²) in [6.45, 7) is 4.64. The first-order valence-electron chi connectivity index (χ1n) is 8.87. The molecule has 6 nitrogen and oxygen atoms in total. The van der Waals surface area contributed by atoms with Gasteiger partial charge in [0.2, 0.25) is 0 Å². The van der Waals surface area contributed by atoms with E-state index in [0.717, 1.165) is 37.4 Å². The number of aromatic nitrogens is 2. The van der Waals surface area contributed by atoms with Crippen LogP contribution in [0.2, 0.25) is 0 Å². The molecule has 1 aliphatic rings. The van der Waals surface area contributed by atoms with Crippen LogP contribution >= 0.6 is 0 Å². The number of piperidine rings is 1. The van der Waals surface area contributed by atoms with E-state index in [-0.39, 0.29) is 12.5 Å². The van der Waals surface area contributed by atoms with Crippen LogP contribution < -0.4 is 4.74 Å². The minimum absolute atomic E-state index is 0.0744. The average Bonchev–Trinajstić information content (AvgIpc) is 3.11. The molecular weight excluding hydrogens is 318 g/mol. The lowest BCUT2D eigenvalue weighted by Crippen LogP contribution is -2.38. The minimum Gasteiger partial charge on any atom is -0.494 e. The molecule has 1 N–H and O–H groups in total. The number of carbonyl (C=O) groups excluding carboxylic acids is 1. The van der Waals surface area contributed by atoms with Gasteiger partial charge in [-0.3, -0.25) is 9.48 Å². The van der Waals surface area contributed by atoms with Gasteiger partial charge in [0.25, 0.3) is 5.91 Å². The predicted octanol–water partition coefficient (Wildman–Crippen LogP) is 2.29. The van der Waals surface area contributed by atoms with Gasteiger partial charge < -0.3 is 14.7 Å². The van der Waals surface area contributed by atoms with Gasteiger partial charge in [0.05, 0.1) is 19.8 Å². The minimum atomic E-state index is 0.0744. The van der Waals surface area contributed by atoms with Crippen molar-refractivity contribution in [1.29, 1.82) is 0 Å². The fourth-order valence-corrected chi connectivity index (χ4v) is 3.39. The summed E-state index contributed by atoms with van der Waals surface area (Å²) in [5.74, 6) is 1.25. The zero-order valence-corrected chi connectivity index (χ0v) is 14.6. The van der Waals surface area contributed by atoms with E-state index >= 15 is 0 Å². The van der Waals surface area contributed by atoms with Gasteiger partial charge >= 0.3 is 0 Å². The molecule has 0 atom stereocenters. The standard InChI is InChI=1S/C19H25N3O3/c1-2-25-17-5-3-16(4-6-17)19(24)21-11-8-15(9-12-21)18-7-10-20-22(18)13-14-23/h3-7,10,15,23H,2,8-9,11-14H2,1H3. The van der Waals surface area contributed by atoms with E-state index in [1.54, 1.807) is 6.20 Å². The van der Waals surface area contributed by atoms with Crippen molar-refractivity contribution in [3.63, 3.8) is 0 Å². The number of hydrogen-bond acceptors (Lipinski definition) is 4. The van der Waals surface area contributed by atoms with Crippen molar-refractivity contribution in [1.82, 2.24) is 14.7 Å². The van der Waals surface area contributed by atoms with Crippen LogP contribution in [0.5, 0.6) is 5.75 Å². The summed E-state index contributed by atoms with van der Waals surface area (Å²) in [5, 5.41) is 13.4. The molecule has 25 heavy (non-hydrogen) atoms. The smallest absolute Gasteiger partial charge is 0.253 e. The van der Waals surface area contributed by atoms with Gasteiger partial charge in [0.1, 0.15) is 5.75 Å². The molecule has 0 saturated carbocycles. The molecule has 0 unspecified atom stereocenters. The molecule has 2 heterocycles. The Kier molecular flexibility index (Phi) is 5.71. The lowest BCUT2D eigenvalue weighted by molar-refractivity contribution is 0.0711. The molecule has 0 aliphatic carbocycles. The van der Waals surface area contributed by atoms with E-state index in [4.69, 9.17) is 9.84 Å². The van der Waals surface area contributed by atoms with Gasteiger partial charge in [-0.15, -0.1) is 0 Å². The monoisotopic (exact) mass is 343 g/mol. The third-order valence-electron chi connectivity index (χ3n) is 4.67. The number of rotatable bonds is 6. The maximum Gasteiger partial charge on any atom is 0.253 e. The molecule has 0 bridgehead atoms. The second-order valence-corrected chi connectivity index (χ2v) is 6.23. The van der Waals surface area contributed by atoms with E-state index in [2.05, 4.69) is 5.10 Å². The SMILES string of the molecule is CCOc1ccc(C(=O)N2CCC(c3ccnn3CCO)CC2)cc1. The second kappa shape index (κ2) is 8.16. The van der Waals surface area contributed by atoms with Crippen LogP contribution in [0.1, 0.15) is 41.7 Å². The topological polar surface area (TPSA) is 67.6 Å². The van der Waals surface area contributed by atoms with Crippen LogP contribution in [0, 0.1) is 0 Å². The summed E-state index contributed by atoms with van der Waals surface area (Å²) >= 11 is 0. The van der Waals surface area contributed by atoms with Crippen molar-refractivity contribution >= 4 is 5.91 Å². The number of aliphatic hydroxyl groups is 1. The largest absolute Gasteiger partial charge is 0.494 e.